The minimum absolute atomic E-state index is 0.0387. The Bertz CT molecular complexity index is 1120. The van der Waals surface area contributed by atoms with Crippen molar-refractivity contribution in [2.24, 2.45) is 0 Å². The normalized spacial score (nSPS) is 15.3. The molecule has 0 radical (unpaired) electrons. The standard InChI is InChI=1S/C25H31Cl2N3O4S/c1-18(25(32)28-19-10-5-3-6-11-19)29(16-21-22(26)14-9-15-23(21)27)24(31)17-30(35(2,33)34)20-12-7-4-8-13-20/h4,7-9,12-15,18-19H,3,5-6,10-11,16-17H2,1-2H3,(H,28,32). The molecular formula is C25H31Cl2N3O4S. The molecule has 1 saturated carbocycles. The van der Waals surface area contributed by atoms with Gasteiger partial charge < -0.3 is 10.2 Å². The van der Waals surface area contributed by atoms with Crippen LogP contribution in [0.15, 0.2) is 48.5 Å². The van der Waals surface area contributed by atoms with Gasteiger partial charge in [0.15, 0.2) is 0 Å². The number of anilines is 1. The van der Waals surface area contributed by atoms with Gasteiger partial charge in [0.1, 0.15) is 12.6 Å². The first kappa shape index (κ1) is 27.3. The number of benzene rings is 2. The van der Waals surface area contributed by atoms with Gasteiger partial charge in [-0.3, -0.25) is 13.9 Å². The van der Waals surface area contributed by atoms with E-state index >= 15 is 0 Å². The molecule has 10 heteroatoms. The van der Waals surface area contributed by atoms with E-state index < -0.39 is 28.5 Å². The van der Waals surface area contributed by atoms with Crippen molar-refractivity contribution in [3.05, 3.63) is 64.1 Å². The van der Waals surface area contributed by atoms with E-state index in [1.165, 1.54) is 4.90 Å². The van der Waals surface area contributed by atoms with Crippen molar-refractivity contribution in [2.75, 3.05) is 17.1 Å². The lowest BCUT2D eigenvalue weighted by atomic mass is 9.95. The molecule has 35 heavy (non-hydrogen) atoms. The molecule has 0 aliphatic heterocycles. The van der Waals surface area contributed by atoms with Crippen molar-refractivity contribution in [1.82, 2.24) is 10.2 Å². The first-order valence-electron chi connectivity index (χ1n) is 11.6. The highest BCUT2D eigenvalue weighted by atomic mass is 35.5. The van der Waals surface area contributed by atoms with Gasteiger partial charge in [0, 0.05) is 28.2 Å². The van der Waals surface area contributed by atoms with Crippen LogP contribution in [0, 0.1) is 0 Å². The number of para-hydroxylation sites is 1. The van der Waals surface area contributed by atoms with Gasteiger partial charge in [-0.05, 0) is 44.0 Å². The van der Waals surface area contributed by atoms with E-state index in [2.05, 4.69) is 5.32 Å². The number of nitrogens with one attached hydrogen (secondary N) is 1. The molecular weight excluding hydrogens is 509 g/mol. The van der Waals surface area contributed by atoms with Crippen LogP contribution in [0.1, 0.15) is 44.6 Å². The lowest BCUT2D eigenvalue weighted by Crippen LogP contribution is -2.53. The molecule has 1 aliphatic rings. The Kier molecular flexibility index (Phi) is 9.44. The van der Waals surface area contributed by atoms with Gasteiger partial charge in [0.25, 0.3) is 0 Å². The highest BCUT2D eigenvalue weighted by Gasteiger charge is 2.31. The van der Waals surface area contributed by atoms with Crippen molar-refractivity contribution >= 4 is 50.7 Å². The predicted molar refractivity (Wildman–Crippen MR) is 140 cm³/mol. The van der Waals surface area contributed by atoms with Crippen LogP contribution in [0.3, 0.4) is 0 Å². The maximum absolute atomic E-state index is 13.6. The molecule has 2 aromatic carbocycles. The molecule has 0 aromatic heterocycles. The molecule has 1 atom stereocenters. The molecule has 2 aromatic rings. The second-order valence-corrected chi connectivity index (χ2v) is 11.6. The first-order chi connectivity index (χ1) is 16.6. The van der Waals surface area contributed by atoms with Crippen molar-refractivity contribution in [2.45, 2.75) is 57.7 Å². The summed E-state index contributed by atoms with van der Waals surface area (Å²) in [5.41, 5.74) is 0.852. The summed E-state index contributed by atoms with van der Waals surface area (Å²) < 4.78 is 26.1. The van der Waals surface area contributed by atoms with E-state index in [9.17, 15) is 18.0 Å². The fourth-order valence-corrected chi connectivity index (χ4v) is 5.58. The summed E-state index contributed by atoms with van der Waals surface area (Å²) in [4.78, 5) is 28.1. The van der Waals surface area contributed by atoms with Gasteiger partial charge in [-0.2, -0.15) is 0 Å². The summed E-state index contributed by atoms with van der Waals surface area (Å²) in [5.74, 6) is -0.833. The number of hydrogen-bond acceptors (Lipinski definition) is 4. The molecule has 0 heterocycles. The Morgan fingerprint density at radius 3 is 2.17 bits per heavy atom. The number of hydrogen-bond donors (Lipinski definition) is 1. The van der Waals surface area contributed by atoms with Gasteiger partial charge in [-0.15, -0.1) is 0 Å². The van der Waals surface area contributed by atoms with E-state index in [1.807, 2.05) is 0 Å². The third-order valence-corrected chi connectivity index (χ3v) is 8.08. The molecule has 3 rings (SSSR count). The van der Waals surface area contributed by atoms with Gasteiger partial charge in [-0.25, -0.2) is 8.42 Å². The Morgan fingerprint density at radius 1 is 1.00 bits per heavy atom. The lowest BCUT2D eigenvalue weighted by Gasteiger charge is -2.33. The van der Waals surface area contributed by atoms with Crippen LogP contribution < -0.4 is 9.62 Å². The topological polar surface area (TPSA) is 86.8 Å². The van der Waals surface area contributed by atoms with Crippen LogP contribution in [0.2, 0.25) is 10.0 Å². The van der Waals surface area contributed by atoms with Crippen LogP contribution in [-0.2, 0) is 26.2 Å². The summed E-state index contributed by atoms with van der Waals surface area (Å²) in [5, 5.41) is 3.77. The number of nitrogens with zero attached hydrogens (tertiary/aromatic N) is 2. The van der Waals surface area contributed by atoms with Crippen molar-refractivity contribution in [1.29, 1.82) is 0 Å². The van der Waals surface area contributed by atoms with Crippen LogP contribution in [0.5, 0.6) is 0 Å². The maximum atomic E-state index is 13.6. The third-order valence-electron chi connectivity index (χ3n) is 6.23. The van der Waals surface area contributed by atoms with Gasteiger partial charge >= 0.3 is 0 Å². The molecule has 7 nitrogen and oxygen atoms in total. The zero-order chi connectivity index (χ0) is 25.6. The SMILES string of the molecule is CC(C(=O)NC1CCCCC1)N(Cc1c(Cl)cccc1Cl)C(=O)CN(c1ccccc1)S(C)(=O)=O. The molecule has 190 valence electrons. The van der Waals surface area contributed by atoms with Gasteiger partial charge in [0.05, 0.1) is 11.9 Å². The highest BCUT2D eigenvalue weighted by molar-refractivity contribution is 7.92. The van der Waals surface area contributed by atoms with Crippen molar-refractivity contribution in [3.63, 3.8) is 0 Å². The van der Waals surface area contributed by atoms with E-state index in [0.717, 1.165) is 42.7 Å². The molecule has 1 fully saturated rings. The second kappa shape index (κ2) is 12.1. The Balaban J connectivity index is 1.90. The molecule has 1 unspecified atom stereocenters. The number of halogens is 2. The van der Waals surface area contributed by atoms with Gasteiger partial charge in [-0.1, -0.05) is 66.7 Å². The minimum atomic E-state index is -3.77. The predicted octanol–water partition coefficient (Wildman–Crippen LogP) is 4.63. The largest absolute Gasteiger partial charge is 0.352 e. The number of carbonyl (C=O) groups excluding carboxylic acids is 2. The fourth-order valence-electron chi connectivity index (χ4n) is 4.21. The molecule has 0 spiro atoms. The monoisotopic (exact) mass is 539 g/mol. The van der Waals surface area contributed by atoms with E-state index in [-0.39, 0.29) is 18.5 Å². The number of carbonyl (C=O) groups is 2. The van der Waals surface area contributed by atoms with Crippen molar-refractivity contribution in [3.8, 4) is 0 Å². The van der Waals surface area contributed by atoms with E-state index in [0.29, 0.717) is 21.3 Å². The summed E-state index contributed by atoms with van der Waals surface area (Å²) in [6, 6.07) is 12.6. The van der Waals surface area contributed by atoms with Crippen LogP contribution in [0.25, 0.3) is 0 Å². The Hall–Kier alpha value is -2.29. The van der Waals surface area contributed by atoms with Crippen LogP contribution in [-0.4, -0.2) is 50.0 Å². The van der Waals surface area contributed by atoms with Crippen LogP contribution >= 0.6 is 23.2 Å². The summed E-state index contributed by atoms with van der Waals surface area (Å²) in [6.45, 7) is 1.13. The number of amides is 2. The molecule has 1 aliphatic carbocycles. The first-order valence-corrected chi connectivity index (χ1v) is 14.2. The molecule has 0 bridgehead atoms. The third kappa shape index (κ3) is 7.35. The lowest BCUT2D eigenvalue weighted by molar-refractivity contribution is -0.139. The number of sulfonamides is 1. The maximum Gasteiger partial charge on any atom is 0.244 e. The zero-order valence-electron chi connectivity index (χ0n) is 19.9. The molecule has 0 saturated heterocycles. The highest BCUT2D eigenvalue weighted by Crippen LogP contribution is 2.27. The average Bonchev–Trinajstić information content (AvgIpc) is 2.82. The van der Waals surface area contributed by atoms with Gasteiger partial charge in [0.2, 0.25) is 21.8 Å². The quantitative estimate of drug-likeness (QED) is 0.503. The van der Waals surface area contributed by atoms with E-state index in [4.69, 9.17) is 23.2 Å². The number of rotatable bonds is 9. The molecule has 1 N–H and O–H groups in total. The molecule has 2 amide bonds. The fraction of sp³-hybridized carbons (Fsp3) is 0.440. The second-order valence-electron chi connectivity index (χ2n) is 8.85. The summed E-state index contributed by atoms with van der Waals surface area (Å²) >= 11 is 12.7. The van der Waals surface area contributed by atoms with Crippen molar-refractivity contribution < 1.29 is 18.0 Å². The Morgan fingerprint density at radius 2 is 1.60 bits per heavy atom. The average molecular weight is 541 g/mol. The summed E-state index contributed by atoms with van der Waals surface area (Å²) in [7, 11) is -3.77. The minimum Gasteiger partial charge on any atom is -0.352 e. The summed E-state index contributed by atoms with van der Waals surface area (Å²) in [6.07, 6.45) is 6.10. The smallest absolute Gasteiger partial charge is 0.244 e. The Labute approximate surface area is 217 Å². The van der Waals surface area contributed by atoms with Crippen LogP contribution in [0.4, 0.5) is 5.69 Å². The van der Waals surface area contributed by atoms with E-state index in [1.54, 1.807) is 55.5 Å². The zero-order valence-corrected chi connectivity index (χ0v) is 22.2.